The Morgan fingerprint density at radius 3 is 2.48 bits per heavy atom. The van der Waals surface area contributed by atoms with Gasteiger partial charge in [0.25, 0.3) is 0 Å². The Kier molecular flexibility index (Phi) is 8.49. The van der Waals surface area contributed by atoms with Crippen LogP contribution in [0.3, 0.4) is 0 Å². The Bertz CT molecular complexity index is 960. The molecule has 1 aromatic heterocycles. The molecule has 7 nitrogen and oxygen atoms in total. The number of pyridine rings is 1. The lowest BCUT2D eigenvalue weighted by Gasteiger charge is -2.30. The summed E-state index contributed by atoms with van der Waals surface area (Å²) in [6, 6.07) is 8.69. The molecule has 0 radical (unpaired) electrons. The van der Waals surface area contributed by atoms with E-state index >= 15 is 0 Å². The number of ether oxygens (including phenoxy) is 3. The highest BCUT2D eigenvalue weighted by Gasteiger charge is 2.34. The van der Waals surface area contributed by atoms with Gasteiger partial charge >= 0.3 is 5.97 Å². The first-order valence-corrected chi connectivity index (χ1v) is 11.7. The van der Waals surface area contributed by atoms with Crippen molar-refractivity contribution in [2.75, 3.05) is 7.11 Å². The monoisotopic (exact) mass is 472 g/mol. The number of carbonyl (C=O) groups excluding carboxylic acids is 1. The molecule has 1 aromatic carbocycles. The van der Waals surface area contributed by atoms with Gasteiger partial charge in [0.2, 0.25) is 0 Å². The summed E-state index contributed by atoms with van der Waals surface area (Å²) in [4.78, 5) is 17.1. The molecule has 2 aromatic rings. The fourth-order valence-corrected chi connectivity index (χ4v) is 4.40. The molecule has 1 heterocycles. The lowest BCUT2D eigenvalue weighted by atomic mass is 9.96. The largest absolute Gasteiger partial charge is 0.503 e. The summed E-state index contributed by atoms with van der Waals surface area (Å²) in [5.41, 5.74) is 1.30. The van der Waals surface area contributed by atoms with Gasteiger partial charge in [0.05, 0.1) is 7.11 Å². The predicted molar refractivity (Wildman–Crippen MR) is 130 cm³/mol. The SMILES string of the molecule is COc1ccnc(C(=S)N[C@@H](C)C(=O)O[C@@H](C)[C@H](Oc2ccc(C)cc2)C2CCCC2)c1O. The van der Waals surface area contributed by atoms with Gasteiger partial charge in [-0.3, -0.25) is 0 Å². The van der Waals surface area contributed by atoms with Gasteiger partial charge in [-0.1, -0.05) is 42.8 Å². The maximum absolute atomic E-state index is 12.8. The van der Waals surface area contributed by atoms with Gasteiger partial charge in [-0.15, -0.1) is 0 Å². The number of esters is 1. The van der Waals surface area contributed by atoms with Crippen LogP contribution in [0, 0.1) is 12.8 Å². The summed E-state index contributed by atoms with van der Waals surface area (Å²) >= 11 is 5.34. The number of thiocarbonyl (C=S) groups is 1. The maximum Gasteiger partial charge on any atom is 0.328 e. The minimum absolute atomic E-state index is 0.131. The molecule has 1 aliphatic rings. The number of aryl methyl sites for hydroxylation is 1. The molecule has 0 unspecified atom stereocenters. The van der Waals surface area contributed by atoms with Crippen LogP contribution >= 0.6 is 12.2 Å². The molecule has 178 valence electrons. The summed E-state index contributed by atoms with van der Waals surface area (Å²) in [5.74, 6) is 0.714. The molecule has 0 spiro atoms. The molecule has 1 fully saturated rings. The van der Waals surface area contributed by atoms with Crippen LogP contribution in [0.15, 0.2) is 36.5 Å². The molecule has 3 atom stereocenters. The number of benzene rings is 1. The first kappa shape index (κ1) is 24.8. The molecule has 0 aliphatic heterocycles. The summed E-state index contributed by atoms with van der Waals surface area (Å²) in [7, 11) is 1.44. The molecule has 1 saturated carbocycles. The van der Waals surface area contributed by atoms with E-state index in [-0.39, 0.29) is 28.3 Å². The molecule has 0 amide bonds. The highest BCUT2D eigenvalue weighted by atomic mass is 32.1. The average Bonchev–Trinajstić information content (AvgIpc) is 3.33. The number of methoxy groups -OCH3 is 1. The lowest BCUT2D eigenvalue weighted by molar-refractivity contribution is -0.156. The normalized spacial score (nSPS) is 16.5. The van der Waals surface area contributed by atoms with E-state index < -0.39 is 18.1 Å². The van der Waals surface area contributed by atoms with E-state index in [4.69, 9.17) is 26.4 Å². The number of aromatic nitrogens is 1. The Balaban J connectivity index is 1.64. The van der Waals surface area contributed by atoms with Crippen molar-refractivity contribution in [3.05, 3.63) is 47.8 Å². The second-order valence-electron chi connectivity index (χ2n) is 8.49. The zero-order chi connectivity index (χ0) is 24.0. The van der Waals surface area contributed by atoms with Crippen LogP contribution in [0.4, 0.5) is 0 Å². The third kappa shape index (κ3) is 6.35. The van der Waals surface area contributed by atoms with E-state index in [0.717, 1.165) is 37.0 Å². The Morgan fingerprint density at radius 1 is 1.18 bits per heavy atom. The van der Waals surface area contributed by atoms with Crippen molar-refractivity contribution in [1.82, 2.24) is 10.3 Å². The minimum Gasteiger partial charge on any atom is -0.503 e. The molecule has 2 N–H and O–H groups in total. The molecule has 0 saturated heterocycles. The van der Waals surface area contributed by atoms with E-state index in [1.165, 1.54) is 19.4 Å². The Labute approximate surface area is 200 Å². The lowest BCUT2D eigenvalue weighted by Crippen LogP contribution is -2.44. The molecule has 3 rings (SSSR count). The Morgan fingerprint density at radius 2 is 1.85 bits per heavy atom. The van der Waals surface area contributed by atoms with Crippen LogP contribution in [-0.4, -0.2) is 46.4 Å². The first-order chi connectivity index (χ1) is 15.8. The van der Waals surface area contributed by atoms with Crippen molar-refractivity contribution in [2.24, 2.45) is 5.92 Å². The van der Waals surface area contributed by atoms with E-state index in [2.05, 4.69) is 10.3 Å². The van der Waals surface area contributed by atoms with Crippen LogP contribution in [0.25, 0.3) is 0 Å². The molecular formula is C25H32N2O5S. The zero-order valence-corrected chi connectivity index (χ0v) is 20.4. The van der Waals surface area contributed by atoms with Crippen LogP contribution in [0.1, 0.15) is 50.8 Å². The highest BCUT2D eigenvalue weighted by Crippen LogP contribution is 2.33. The van der Waals surface area contributed by atoms with E-state index in [1.807, 2.05) is 38.1 Å². The van der Waals surface area contributed by atoms with Crippen LogP contribution in [-0.2, 0) is 9.53 Å². The third-order valence-corrected chi connectivity index (χ3v) is 6.26. The molecule has 1 aliphatic carbocycles. The quantitative estimate of drug-likeness (QED) is 0.412. The standard InChI is InChI=1S/C25H32N2O5S/c1-15-9-11-19(12-10-15)32-23(18-7-5-6-8-18)17(3)31-25(29)16(2)27-24(33)21-22(28)20(30-4)13-14-26-21/h9-14,16-18,23,28H,5-8H2,1-4H3,(H,27,33)/t16-,17-,23-/m0/s1. The summed E-state index contributed by atoms with van der Waals surface area (Å²) < 4.78 is 17.2. The van der Waals surface area contributed by atoms with Gasteiger partial charge in [0.1, 0.15) is 34.7 Å². The van der Waals surface area contributed by atoms with Crippen molar-refractivity contribution >= 4 is 23.2 Å². The average molecular weight is 473 g/mol. The van der Waals surface area contributed by atoms with E-state index in [0.29, 0.717) is 5.92 Å². The topological polar surface area (TPSA) is 89.9 Å². The number of carbonyl (C=O) groups is 1. The number of nitrogens with zero attached hydrogens (tertiary/aromatic N) is 1. The van der Waals surface area contributed by atoms with Crippen LogP contribution in [0.2, 0.25) is 0 Å². The van der Waals surface area contributed by atoms with Gasteiger partial charge < -0.3 is 24.6 Å². The summed E-state index contributed by atoms with van der Waals surface area (Å²) in [6.45, 7) is 5.56. The van der Waals surface area contributed by atoms with Crippen molar-refractivity contribution in [1.29, 1.82) is 0 Å². The van der Waals surface area contributed by atoms with Gasteiger partial charge in [-0.2, -0.15) is 0 Å². The third-order valence-electron chi connectivity index (χ3n) is 5.95. The van der Waals surface area contributed by atoms with Crippen LogP contribution in [0.5, 0.6) is 17.2 Å². The zero-order valence-electron chi connectivity index (χ0n) is 19.5. The number of hydrogen-bond acceptors (Lipinski definition) is 7. The van der Waals surface area contributed by atoms with Gasteiger partial charge in [0, 0.05) is 12.3 Å². The predicted octanol–water partition coefficient (Wildman–Crippen LogP) is 4.33. The highest BCUT2D eigenvalue weighted by molar-refractivity contribution is 7.80. The number of aromatic hydroxyl groups is 1. The fraction of sp³-hybridized carbons (Fsp3) is 0.480. The van der Waals surface area contributed by atoms with Crippen molar-refractivity contribution in [3.8, 4) is 17.2 Å². The fourth-order valence-electron chi connectivity index (χ4n) is 4.08. The van der Waals surface area contributed by atoms with Gasteiger partial charge in [0.15, 0.2) is 11.5 Å². The molecule has 8 heteroatoms. The number of nitrogens with one attached hydrogen (secondary N) is 1. The smallest absolute Gasteiger partial charge is 0.328 e. The molecule has 33 heavy (non-hydrogen) atoms. The van der Waals surface area contributed by atoms with Gasteiger partial charge in [-0.25, -0.2) is 9.78 Å². The van der Waals surface area contributed by atoms with Crippen molar-refractivity contribution < 1.29 is 24.1 Å². The summed E-state index contributed by atoms with van der Waals surface area (Å²) in [6.07, 6.45) is 5.21. The maximum atomic E-state index is 12.8. The molecular weight excluding hydrogens is 440 g/mol. The van der Waals surface area contributed by atoms with Crippen LogP contribution < -0.4 is 14.8 Å². The number of hydrogen-bond donors (Lipinski definition) is 2. The van der Waals surface area contributed by atoms with Gasteiger partial charge in [-0.05, 0) is 51.7 Å². The second-order valence-corrected chi connectivity index (χ2v) is 8.90. The van der Waals surface area contributed by atoms with Crippen molar-refractivity contribution in [2.45, 2.75) is 64.7 Å². The second kappa shape index (κ2) is 11.3. The first-order valence-electron chi connectivity index (χ1n) is 11.3. The molecule has 0 bridgehead atoms. The van der Waals surface area contributed by atoms with E-state index in [9.17, 15) is 9.90 Å². The number of rotatable bonds is 9. The van der Waals surface area contributed by atoms with E-state index in [1.54, 1.807) is 6.92 Å². The summed E-state index contributed by atoms with van der Waals surface area (Å²) in [5, 5.41) is 13.2. The Hall–Kier alpha value is -2.87. The minimum atomic E-state index is -0.740. The van der Waals surface area contributed by atoms with Crippen molar-refractivity contribution in [3.63, 3.8) is 0 Å².